The molecule has 6 nitrogen and oxygen atoms in total. The highest BCUT2D eigenvalue weighted by Crippen LogP contribution is 2.40. The number of primary amides is 1. The Morgan fingerprint density at radius 3 is 1.54 bits per heavy atom. The Bertz CT molecular complexity index is 2230. The fourth-order valence-electron chi connectivity index (χ4n) is 6.56. The Labute approximate surface area is 307 Å². The Kier molecular flexibility index (Phi) is 10.8. The highest BCUT2D eigenvalue weighted by molar-refractivity contribution is 6.08. The van der Waals surface area contributed by atoms with Gasteiger partial charge in [0, 0.05) is 45.1 Å². The highest BCUT2D eigenvalue weighted by atomic mass is 16.5. The molecule has 1 amide bonds. The van der Waals surface area contributed by atoms with Gasteiger partial charge in [0.25, 0.3) is 0 Å². The van der Waals surface area contributed by atoms with E-state index in [2.05, 4.69) is 94.7 Å². The third-order valence-electron chi connectivity index (χ3n) is 9.43. The molecule has 0 aromatic heterocycles. The Balaban J connectivity index is 1.68. The van der Waals surface area contributed by atoms with Crippen LogP contribution in [-0.2, 0) is 0 Å². The third kappa shape index (κ3) is 7.72. The molecule has 0 atom stereocenters. The summed E-state index contributed by atoms with van der Waals surface area (Å²) in [6.07, 6.45) is 2.84. The van der Waals surface area contributed by atoms with Crippen molar-refractivity contribution in [1.82, 2.24) is 0 Å². The van der Waals surface area contributed by atoms with Crippen LogP contribution in [0.3, 0.4) is 0 Å². The first-order valence-electron chi connectivity index (χ1n) is 17.3. The van der Waals surface area contributed by atoms with Crippen LogP contribution in [0.4, 0.5) is 11.4 Å². The number of anilines is 2. The molecule has 6 heteroatoms. The van der Waals surface area contributed by atoms with Crippen LogP contribution in [0.2, 0.25) is 0 Å². The van der Waals surface area contributed by atoms with Crippen LogP contribution in [0.25, 0.3) is 27.5 Å². The van der Waals surface area contributed by atoms with Gasteiger partial charge in [0.05, 0.1) is 14.2 Å². The molecular formula is C46H45N3O3. The third-order valence-corrected chi connectivity index (χ3v) is 9.43. The minimum absolute atomic E-state index is 0.460. The van der Waals surface area contributed by atoms with Gasteiger partial charge in [0.1, 0.15) is 11.5 Å². The Morgan fingerprint density at radius 1 is 0.596 bits per heavy atom. The maximum atomic E-state index is 12.8. The molecule has 52 heavy (non-hydrogen) atoms. The molecule has 0 saturated carbocycles. The SMILES string of the molecule is COc1ccc(C(=CCC(=C(c2ccc(OC)cc2)c2ccc(N(C)C)cc2)c2cc(C(N)=O)cc3ccccc23)c2ccc(N(C)C)cc2)cc1. The molecule has 0 saturated heterocycles. The maximum Gasteiger partial charge on any atom is 0.248 e. The van der Waals surface area contributed by atoms with Crippen LogP contribution < -0.4 is 25.0 Å². The zero-order valence-electron chi connectivity index (χ0n) is 30.7. The van der Waals surface area contributed by atoms with E-state index in [4.69, 9.17) is 15.2 Å². The molecule has 2 N–H and O–H groups in total. The summed E-state index contributed by atoms with van der Waals surface area (Å²) >= 11 is 0. The van der Waals surface area contributed by atoms with E-state index in [9.17, 15) is 4.79 Å². The van der Waals surface area contributed by atoms with Crippen molar-refractivity contribution in [2.45, 2.75) is 6.42 Å². The van der Waals surface area contributed by atoms with Gasteiger partial charge in [0.15, 0.2) is 0 Å². The van der Waals surface area contributed by atoms with E-state index in [1.807, 2.05) is 82.8 Å². The number of methoxy groups -OCH3 is 2. The summed E-state index contributed by atoms with van der Waals surface area (Å²) in [6.45, 7) is 0. The summed E-state index contributed by atoms with van der Waals surface area (Å²) in [5, 5.41) is 1.98. The largest absolute Gasteiger partial charge is 0.497 e. The molecule has 0 spiro atoms. The second kappa shape index (κ2) is 15.7. The smallest absolute Gasteiger partial charge is 0.248 e. The summed E-state index contributed by atoms with van der Waals surface area (Å²) in [4.78, 5) is 17.0. The van der Waals surface area contributed by atoms with Crippen molar-refractivity contribution in [2.75, 3.05) is 52.2 Å². The summed E-state index contributed by atoms with van der Waals surface area (Å²) in [5.74, 6) is 1.10. The van der Waals surface area contributed by atoms with E-state index in [-0.39, 0.29) is 0 Å². The van der Waals surface area contributed by atoms with Gasteiger partial charge in [0.2, 0.25) is 5.91 Å². The lowest BCUT2D eigenvalue weighted by Gasteiger charge is -2.21. The molecule has 0 aliphatic carbocycles. The number of carbonyl (C=O) groups excluding carboxylic acids is 1. The molecular weight excluding hydrogens is 643 g/mol. The summed E-state index contributed by atoms with van der Waals surface area (Å²) in [5.41, 5.74) is 17.0. The van der Waals surface area contributed by atoms with Gasteiger partial charge in [-0.05, 0) is 122 Å². The number of nitrogens with zero attached hydrogens (tertiary/aromatic N) is 2. The number of ether oxygens (including phenoxy) is 2. The van der Waals surface area contributed by atoms with Crippen molar-refractivity contribution in [3.05, 3.63) is 173 Å². The molecule has 0 unspecified atom stereocenters. The number of hydrogen-bond donors (Lipinski definition) is 1. The van der Waals surface area contributed by atoms with Gasteiger partial charge in [-0.15, -0.1) is 0 Å². The predicted octanol–water partition coefficient (Wildman–Crippen LogP) is 9.57. The summed E-state index contributed by atoms with van der Waals surface area (Å²) in [7, 11) is 11.5. The van der Waals surface area contributed by atoms with Crippen molar-refractivity contribution < 1.29 is 14.3 Å². The number of hydrogen-bond acceptors (Lipinski definition) is 5. The quantitative estimate of drug-likeness (QED) is 0.130. The first kappa shape index (κ1) is 35.6. The summed E-state index contributed by atoms with van der Waals surface area (Å²) < 4.78 is 11.1. The molecule has 6 aromatic carbocycles. The van der Waals surface area contributed by atoms with E-state index in [1.54, 1.807) is 14.2 Å². The van der Waals surface area contributed by atoms with Crippen molar-refractivity contribution in [1.29, 1.82) is 0 Å². The second-order valence-electron chi connectivity index (χ2n) is 13.1. The number of amides is 1. The second-order valence-corrected chi connectivity index (χ2v) is 13.1. The highest BCUT2D eigenvalue weighted by Gasteiger charge is 2.19. The first-order chi connectivity index (χ1) is 25.2. The van der Waals surface area contributed by atoms with E-state index in [0.29, 0.717) is 12.0 Å². The van der Waals surface area contributed by atoms with Crippen molar-refractivity contribution >= 4 is 44.8 Å². The number of allylic oxidation sites excluding steroid dienone is 2. The van der Waals surface area contributed by atoms with Crippen LogP contribution >= 0.6 is 0 Å². The predicted molar refractivity (Wildman–Crippen MR) is 218 cm³/mol. The average molecular weight is 688 g/mol. The molecule has 0 aliphatic heterocycles. The van der Waals surface area contributed by atoms with Crippen LogP contribution in [0.15, 0.2) is 140 Å². The number of fused-ring (bicyclic) bond motifs is 1. The van der Waals surface area contributed by atoms with Gasteiger partial charge in [-0.1, -0.05) is 78.9 Å². The lowest BCUT2D eigenvalue weighted by atomic mass is 9.84. The minimum atomic E-state index is -0.469. The standard InChI is InChI=1S/C46H45N3O3/c1-48(2)37-19-11-31(12-20-37)41(32-15-23-39(51-5)24-16-32)27-28-43(44-30-36(46(47)50)29-35-9-7-8-10-42(35)44)45(34-17-25-40(52-6)26-18-34)33-13-21-38(22-14-33)49(3)4/h7-27,29-30H,28H2,1-6H3,(H2,47,50). The lowest BCUT2D eigenvalue weighted by Crippen LogP contribution is -2.11. The molecule has 0 heterocycles. The molecule has 0 bridgehead atoms. The maximum absolute atomic E-state index is 12.8. The van der Waals surface area contributed by atoms with Crippen LogP contribution in [0.1, 0.15) is 44.6 Å². The van der Waals surface area contributed by atoms with Gasteiger partial charge < -0.3 is 25.0 Å². The number of carbonyl (C=O) groups is 1. The van der Waals surface area contributed by atoms with Gasteiger partial charge in [-0.25, -0.2) is 0 Å². The van der Waals surface area contributed by atoms with Crippen molar-refractivity contribution in [3.63, 3.8) is 0 Å². The van der Waals surface area contributed by atoms with Crippen molar-refractivity contribution in [2.24, 2.45) is 5.73 Å². The van der Waals surface area contributed by atoms with Crippen LogP contribution in [-0.4, -0.2) is 48.3 Å². The van der Waals surface area contributed by atoms with E-state index >= 15 is 0 Å². The zero-order valence-corrected chi connectivity index (χ0v) is 30.7. The molecule has 0 fully saturated rings. The molecule has 6 aromatic rings. The minimum Gasteiger partial charge on any atom is -0.497 e. The summed E-state index contributed by atoms with van der Waals surface area (Å²) in [6, 6.07) is 45.6. The van der Waals surface area contributed by atoms with Crippen LogP contribution in [0.5, 0.6) is 11.5 Å². The number of nitrogens with two attached hydrogens (primary N) is 1. The number of benzene rings is 6. The molecule has 0 aliphatic rings. The molecule has 0 radical (unpaired) electrons. The van der Waals surface area contributed by atoms with Crippen LogP contribution in [0, 0.1) is 0 Å². The first-order valence-corrected chi connectivity index (χ1v) is 17.3. The fourth-order valence-corrected chi connectivity index (χ4v) is 6.56. The monoisotopic (exact) mass is 687 g/mol. The van der Waals surface area contributed by atoms with Gasteiger partial charge >= 0.3 is 0 Å². The molecule has 262 valence electrons. The van der Waals surface area contributed by atoms with Gasteiger partial charge in [-0.3, -0.25) is 4.79 Å². The average Bonchev–Trinajstić information content (AvgIpc) is 3.17. The van der Waals surface area contributed by atoms with E-state index < -0.39 is 5.91 Å². The lowest BCUT2D eigenvalue weighted by molar-refractivity contribution is 0.100. The van der Waals surface area contributed by atoms with E-state index in [0.717, 1.165) is 78.2 Å². The number of rotatable bonds is 12. The zero-order chi connectivity index (χ0) is 36.8. The molecule has 6 rings (SSSR count). The topological polar surface area (TPSA) is 68.0 Å². The van der Waals surface area contributed by atoms with E-state index in [1.165, 1.54) is 0 Å². The van der Waals surface area contributed by atoms with Gasteiger partial charge in [-0.2, -0.15) is 0 Å². The normalized spacial score (nSPS) is 11.9. The van der Waals surface area contributed by atoms with Crippen molar-refractivity contribution in [3.8, 4) is 11.5 Å². The fraction of sp³-hybridized carbons (Fsp3) is 0.152. The Morgan fingerprint density at radius 2 is 1.06 bits per heavy atom. The Hall–Kier alpha value is -6.27.